The van der Waals surface area contributed by atoms with Gasteiger partial charge in [0.25, 0.3) is 5.91 Å². The van der Waals surface area contributed by atoms with Crippen LogP contribution in [-0.4, -0.2) is 32.2 Å². The number of carbonyl (C=O) groups is 1. The maximum Gasteiger partial charge on any atom is 0.339 e. The summed E-state index contributed by atoms with van der Waals surface area (Å²) in [7, 11) is -2.67. The molecule has 0 atom stereocenters. The fourth-order valence-corrected chi connectivity index (χ4v) is 5.25. The number of rotatable bonds is 8. The number of carbonyl (C=O) groups excluding carboxylic acids is 1. The van der Waals surface area contributed by atoms with E-state index < -0.39 is 16.0 Å². The molecule has 1 heterocycles. The first-order valence-electron chi connectivity index (χ1n) is 12.3. The van der Waals surface area contributed by atoms with Crippen LogP contribution in [0.2, 0.25) is 0 Å². The zero-order chi connectivity index (χ0) is 28.3. The smallest absolute Gasteiger partial charge is 0.339 e. The summed E-state index contributed by atoms with van der Waals surface area (Å²) >= 11 is 0. The predicted molar refractivity (Wildman–Crippen MR) is 153 cm³/mol. The molecule has 0 unspecified atom stereocenters. The number of aromatic nitrogens is 1. The molecule has 1 N–H and O–H groups in total. The number of ether oxygens (including phenoxy) is 1. The van der Waals surface area contributed by atoms with Crippen LogP contribution in [0.4, 0.5) is 0 Å². The van der Waals surface area contributed by atoms with E-state index in [4.69, 9.17) is 8.92 Å². The quantitative estimate of drug-likeness (QED) is 0.131. The average Bonchev–Trinajstić information content (AvgIpc) is 2.96. The summed E-state index contributed by atoms with van der Waals surface area (Å²) in [6.45, 7) is 1.79. The van der Waals surface area contributed by atoms with Crippen molar-refractivity contribution in [3.8, 4) is 11.5 Å². The minimum Gasteiger partial charge on any atom is -0.493 e. The van der Waals surface area contributed by atoms with Crippen LogP contribution in [0.5, 0.6) is 11.5 Å². The normalized spacial score (nSPS) is 11.7. The molecule has 10 heteroatoms. The summed E-state index contributed by atoms with van der Waals surface area (Å²) in [5.41, 5.74) is 5.17. The Balaban J connectivity index is 1.32. The number of methoxy groups -OCH3 is 1. The van der Waals surface area contributed by atoms with E-state index in [1.807, 2.05) is 19.1 Å². The molecule has 9 nitrogen and oxygen atoms in total. The predicted octanol–water partition coefficient (Wildman–Crippen LogP) is 4.39. The lowest BCUT2D eigenvalue weighted by Crippen LogP contribution is -2.25. The minimum atomic E-state index is -4.06. The van der Waals surface area contributed by atoms with Crippen LogP contribution in [0, 0.1) is 6.92 Å². The van der Waals surface area contributed by atoms with Gasteiger partial charge in [-0.15, -0.1) is 0 Å². The number of aryl methyl sites for hydroxylation is 1. The van der Waals surface area contributed by atoms with Crippen molar-refractivity contribution in [3.63, 3.8) is 0 Å². The molecular formula is C30H25N3O6S. The van der Waals surface area contributed by atoms with Crippen molar-refractivity contribution in [1.82, 2.24) is 9.99 Å². The number of fused-ring (bicyclic) bond motifs is 2. The van der Waals surface area contributed by atoms with Gasteiger partial charge in [0.05, 0.1) is 24.4 Å². The van der Waals surface area contributed by atoms with E-state index in [0.29, 0.717) is 27.4 Å². The molecule has 0 spiro atoms. The van der Waals surface area contributed by atoms with Gasteiger partial charge in [-0.3, -0.25) is 9.59 Å². The maximum atomic E-state index is 12.9. The number of benzene rings is 4. The summed E-state index contributed by atoms with van der Waals surface area (Å²) < 4.78 is 37.7. The first-order chi connectivity index (χ1) is 19.3. The van der Waals surface area contributed by atoms with Crippen LogP contribution >= 0.6 is 0 Å². The van der Waals surface area contributed by atoms with E-state index in [9.17, 15) is 18.0 Å². The van der Waals surface area contributed by atoms with E-state index >= 15 is 0 Å². The zero-order valence-electron chi connectivity index (χ0n) is 21.7. The third-order valence-electron chi connectivity index (χ3n) is 6.28. The van der Waals surface area contributed by atoms with Crippen molar-refractivity contribution in [2.24, 2.45) is 5.10 Å². The Morgan fingerprint density at radius 2 is 1.52 bits per heavy atom. The molecule has 5 rings (SSSR count). The molecule has 0 aliphatic carbocycles. The summed E-state index contributed by atoms with van der Waals surface area (Å²) in [6.07, 6.45) is 1.40. The second kappa shape index (κ2) is 11.0. The van der Waals surface area contributed by atoms with E-state index in [-0.39, 0.29) is 28.4 Å². The van der Waals surface area contributed by atoms with Crippen molar-refractivity contribution >= 4 is 44.0 Å². The monoisotopic (exact) mass is 555 g/mol. The lowest BCUT2D eigenvalue weighted by Gasteiger charge is -2.14. The van der Waals surface area contributed by atoms with E-state index in [0.717, 1.165) is 5.56 Å². The summed E-state index contributed by atoms with van der Waals surface area (Å²) in [5, 5.41) is 5.09. The highest BCUT2D eigenvalue weighted by Gasteiger charge is 2.19. The molecule has 0 saturated carbocycles. The molecule has 0 aliphatic heterocycles. The Hall–Kier alpha value is -4.96. The van der Waals surface area contributed by atoms with Crippen molar-refractivity contribution in [2.75, 3.05) is 7.11 Å². The second-order valence-corrected chi connectivity index (χ2v) is 10.5. The van der Waals surface area contributed by atoms with Gasteiger partial charge >= 0.3 is 10.1 Å². The van der Waals surface area contributed by atoms with E-state index in [2.05, 4.69) is 10.5 Å². The van der Waals surface area contributed by atoms with Crippen molar-refractivity contribution < 1.29 is 22.1 Å². The molecule has 4 aromatic carbocycles. The van der Waals surface area contributed by atoms with Crippen LogP contribution in [0.25, 0.3) is 21.8 Å². The number of amides is 1. The highest BCUT2D eigenvalue weighted by Crippen LogP contribution is 2.30. The molecule has 1 amide bonds. The van der Waals surface area contributed by atoms with Gasteiger partial charge in [-0.05, 0) is 67.1 Å². The summed E-state index contributed by atoms with van der Waals surface area (Å²) in [6, 6.07) is 25.2. The number of hydrazone groups is 1. The number of pyridine rings is 1. The van der Waals surface area contributed by atoms with Gasteiger partial charge in [0.2, 0.25) is 0 Å². The van der Waals surface area contributed by atoms with Crippen molar-refractivity contribution in [3.05, 3.63) is 112 Å². The van der Waals surface area contributed by atoms with E-state index in [1.165, 1.54) is 31.5 Å². The Morgan fingerprint density at radius 3 is 2.15 bits per heavy atom. The lowest BCUT2D eigenvalue weighted by molar-refractivity contribution is -0.121. The highest BCUT2D eigenvalue weighted by molar-refractivity contribution is 7.87. The Labute approximate surface area is 230 Å². The molecule has 1 aromatic heterocycles. The molecule has 0 saturated heterocycles. The molecule has 5 aromatic rings. The number of nitrogens with one attached hydrogen (secondary N) is 1. The standard InChI is InChI=1S/C30H25N3O6S/c1-20-11-14-22(15-12-20)40(36,37)39-27-16-13-21(17-28(27)38-2)18-31-32-29(34)19-33-25-9-5-3-7-23(25)30(35)24-8-4-6-10-26(24)33/h3-18H,19H2,1-2H3,(H,32,34)/b31-18-. The molecule has 0 bridgehead atoms. The van der Waals surface area contributed by atoms with Gasteiger partial charge in [0.15, 0.2) is 16.9 Å². The fraction of sp³-hybridized carbons (Fsp3) is 0.100. The topological polar surface area (TPSA) is 116 Å². The molecule has 0 aliphatic rings. The van der Waals surface area contributed by atoms with Gasteiger partial charge in [-0.1, -0.05) is 42.0 Å². The first kappa shape index (κ1) is 26.6. The molecule has 202 valence electrons. The Bertz CT molecular complexity index is 1870. The number of para-hydroxylation sites is 2. The largest absolute Gasteiger partial charge is 0.493 e. The van der Waals surface area contributed by atoms with Crippen LogP contribution < -0.4 is 19.8 Å². The minimum absolute atomic E-state index is 0.0150. The lowest BCUT2D eigenvalue weighted by atomic mass is 10.1. The molecule has 0 radical (unpaired) electrons. The van der Waals surface area contributed by atoms with Gasteiger partial charge in [0.1, 0.15) is 11.4 Å². The zero-order valence-corrected chi connectivity index (χ0v) is 22.5. The molecule has 40 heavy (non-hydrogen) atoms. The number of nitrogens with zero attached hydrogens (tertiary/aromatic N) is 2. The van der Waals surface area contributed by atoms with E-state index in [1.54, 1.807) is 65.2 Å². The van der Waals surface area contributed by atoms with Gasteiger partial charge in [-0.25, -0.2) is 5.43 Å². The Kier molecular flexibility index (Phi) is 7.35. The van der Waals surface area contributed by atoms with Crippen LogP contribution in [-0.2, 0) is 21.5 Å². The number of hydrogen-bond donors (Lipinski definition) is 1. The van der Waals surface area contributed by atoms with Crippen molar-refractivity contribution in [2.45, 2.75) is 18.4 Å². The SMILES string of the molecule is COc1cc(/C=N\NC(=O)Cn2c3ccccc3c(=O)c3ccccc32)ccc1OS(=O)(=O)c1ccc(C)cc1. The number of hydrogen-bond acceptors (Lipinski definition) is 7. The van der Waals surface area contributed by atoms with Crippen LogP contribution in [0.3, 0.4) is 0 Å². The van der Waals surface area contributed by atoms with Crippen molar-refractivity contribution in [1.29, 1.82) is 0 Å². The average molecular weight is 556 g/mol. The molecule has 0 fully saturated rings. The summed E-state index contributed by atoms with van der Waals surface area (Å²) in [5.74, 6) is -0.204. The third-order valence-corrected chi connectivity index (χ3v) is 7.53. The first-order valence-corrected chi connectivity index (χ1v) is 13.7. The van der Waals surface area contributed by atoms with Gasteiger partial charge in [0, 0.05) is 10.8 Å². The van der Waals surface area contributed by atoms with Gasteiger partial charge < -0.3 is 13.5 Å². The van der Waals surface area contributed by atoms with Gasteiger partial charge in [-0.2, -0.15) is 13.5 Å². The Morgan fingerprint density at radius 1 is 0.900 bits per heavy atom. The second-order valence-electron chi connectivity index (χ2n) is 9.00. The molecular weight excluding hydrogens is 530 g/mol. The van der Waals surface area contributed by atoms with Crippen LogP contribution in [0.1, 0.15) is 11.1 Å². The summed E-state index contributed by atoms with van der Waals surface area (Å²) in [4.78, 5) is 25.8. The highest BCUT2D eigenvalue weighted by atomic mass is 32.2. The maximum absolute atomic E-state index is 12.9. The van der Waals surface area contributed by atoms with Crippen LogP contribution in [0.15, 0.2) is 106 Å². The third kappa shape index (κ3) is 5.43. The fourth-order valence-electron chi connectivity index (χ4n) is 4.31.